The lowest BCUT2D eigenvalue weighted by molar-refractivity contribution is 0.181. The van der Waals surface area contributed by atoms with Crippen LogP contribution in [-0.4, -0.2) is 59.8 Å². The molecule has 198 valence electrons. The first-order valence-corrected chi connectivity index (χ1v) is 13.8. The van der Waals surface area contributed by atoms with Gasteiger partial charge in [-0.25, -0.2) is 12.8 Å². The van der Waals surface area contributed by atoms with Crippen molar-refractivity contribution in [2.24, 2.45) is 0 Å². The van der Waals surface area contributed by atoms with E-state index in [0.717, 1.165) is 49.4 Å². The molecule has 1 fully saturated rings. The highest BCUT2D eigenvalue weighted by Gasteiger charge is 2.26. The van der Waals surface area contributed by atoms with Crippen molar-refractivity contribution in [2.45, 2.75) is 31.3 Å². The van der Waals surface area contributed by atoms with Crippen LogP contribution in [0.25, 0.3) is 0 Å². The summed E-state index contributed by atoms with van der Waals surface area (Å²) in [5, 5.41) is 0. The zero-order valence-corrected chi connectivity index (χ0v) is 22.5. The lowest BCUT2D eigenvalue weighted by Crippen LogP contribution is -2.51. The van der Waals surface area contributed by atoms with E-state index in [1.165, 1.54) is 28.1 Å². The first-order chi connectivity index (χ1) is 17.8. The maximum atomic E-state index is 13.7. The maximum absolute atomic E-state index is 13.7. The van der Waals surface area contributed by atoms with Crippen LogP contribution in [0.3, 0.4) is 0 Å². The molecule has 37 heavy (non-hydrogen) atoms. The summed E-state index contributed by atoms with van der Waals surface area (Å²) in [6.45, 7) is 7.64. The normalized spacial score (nSPS) is 16.5. The maximum Gasteiger partial charge on any atom is 0.264 e. The highest BCUT2D eigenvalue weighted by Crippen LogP contribution is 2.30. The van der Waals surface area contributed by atoms with Gasteiger partial charge in [-0.05, 0) is 74.0 Å². The molecule has 3 aromatic rings. The van der Waals surface area contributed by atoms with E-state index in [1.54, 1.807) is 21.1 Å². The number of nitrogens with zero attached hydrogens (tertiary/aromatic N) is 3. The van der Waals surface area contributed by atoms with Gasteiger partial charge in [0.15, 0.2) is 11.5 Å². The Morgan fingerprint density at radius 1 is 0.973 bits per heavy atom. The fourth-order valence-electron chi connectivity index (χ4n) is 4.75. The van der Waals surface area contributed by atoms with Gasteiger partial charge in [0, 0.05) is 44.5 Å². The predicted molar refractivity (Wildman–Crippen MR) is 145 cm³/mol. The summed E-state index contributed by atoms with van der Waals surface area (Å²) >= 11 is 0. The van der Waals surface area contributed by atoms with Crippen molar-refractivity contribution in [1.29, 1.82) is 0 Å². The van der Waals surface area contributed by atoms with Gasteiger partial charge in [-0.1, -0.05) is 12.1 Å². The number of rotatable bonds is 9. The molecule has 0 aliphatic carbocycles. The van der Waals surface area contributed by atoms with Crippen LogP contribution in [0.1, 0.15) is 19.4 Å². The molecule has 0 saturated carbocycles. The predicted octanol–water partition coefficient (Wildman–Crippen LogP) is 4.77. The lowest BCUT2D eigenvalue weighted by atomic mass is 10.1. The molecule has 9 heteroatoms. The van der Waals surface area contributed by atoms with E-state index in [0.29, 0.717) is 11.7 Å². The van der Waals surface area contributed by atoms with E-state index in [-0.39, 0.29) is 11.4 Å². The molecule has 3 aromatic carbocycles. The van der Waals surface area contributed by atoms with Crippen LogP contribution in [0.2, 0.25) is 0 Å². The molecule has 7 nitrogen and oxygen atoms in total. The van der Waals surface area contributed by atoms with E-state index in [9.17, 15) is 12.8 Å². The Morgan fingerprint density at radius 3 is 2.32 bits per heavy atom. The zero-order chi connectivity index (χ0) is 26.6. The minimum absolute atomic E-state index is 0.0575. The molecule has 0 unspecified atom stereocenters. The number of methoxy groups -OCH3 is 2. The topological polar surface area (TPSA) is 62.3 Å². The van der Waals surface area contributed by atoms with Gasteiger partial charge < -0.3 is 14.4 Å². The summed E-state index contributed by atoms with van der Waals surface area (Å²) < 4.78 is 52.0. The fourth-order valence-corrected chi connectivity index (χ4v) is 6.26. The molecule has 4 rings (SSSR count). The summed E-state index contributed by atoms with van der Waals surface area (Å²) in [6.07, 6.45) is 0. The highest BCUT2D eigenvalue weighted by molar-refractivity contribution is 7.92. The smallest absolute Gasteiger partial charge is 0.264 e. The van der Waals surface area contributed by atoms with Crippen LogP contribution < -0.4 is 18.7 Å². The van der Waals surface area contributed by atoms with Crippen LogP contribution in [-0.2, 0) is 16.6 Å². The van der Waals surface area contributed by atoms with E-state index in [2.05, 4.69) is 22.8 Å². The Labute approximate surface area is 219 Å². The average Bonchev–Trinajstić information content (AvgIpc) is 2.90. The summed E-state index contributed by atoms with van der Waals surface area (Å²) in [5.74, 6) is 0.872. The Balaban J connectivity index is 1.43. The number of benzene rings is 3. The minimum atomic E-state index is -3.86. The first kappa shape index (κ1) is 26.8. The molecular weight excluding hydrogens is 493 g/mol. The molecule has 0 aromatic heterocycles. The van der Waals surface area contributed by atoms with Crippen molar-refractivity contribution in [3.63, 3.8) is 0 Å². The van der Waals surface area contributed by atoms with Crippen LogP contribution in [0.4, 0.5) is 15.8 Å². The molecule has 0 amide bonds. The minimum Gasteiger partial charge on any atom is -0.493 e. The van der Waals surface area contributed by atoms with E-state index < -0.39 is 15.8 Å². The number of anilines is 2. The third-order valence-electron chi connectivity index (χ3n) is 6.77. The van der Waals surface area contributed by atoms with E-state index in [1.807, 2.05) is 36.4 Å². The van der Waals surface area contributed by atoms with Gasteiger partial charge in [0.05, 0.1) is 24.8 Å². The summed E-state index contributed by atoms with van der Waals surface area (Å²) in [6, 6.07) is 19.0. The zero-order valence-electron chi connectivity index (χ0n) is 21.7. The molecule has 1 aliphatic rings. The van der Waals surface area contributed by atoms with Gasteiger partial charge in [0.2, 0.25) is 0 Å². The molecule has 1 heterocycles. The molecular formula is C28H34FN3O4S. The molecule has 1 aliphatic heterocycles. The molecule has 0 spiro atoms. The van der Waals surface area contributed by atoms with Crippen LogP contribution in [0, 0.1) is 5.82 Å². The van der Waals surface area contributed by atoms with Gasteiger partial charge in [-0.2, -0.15) is 0 Å². The standard InChI is InChI=1S/C28H34FN3O4S/c1-5-32(37(33,34)26-8-6-7-23(29)18-26)25-12-10-24(11-13-25)31-16-15-30(21(2)19-31)20-22-9-14-27(35-3)28(17-22)36-4/h6-14,17-18,21H,5,15-16,19-20H2,1-4H3/t21-/m1/s1. The number of halogens is 1. The van der Waals surface area contributed by atoms with E-state index in [4.69, 9.17) is 9.47 Å². The van der Waals surface area contributed by atoms with Crippen molar-refractivity contribution in [2.75, 3.05) is 49.6 Å². The third-order valence-corrected chi connectivity index (χ3v) is 8.67. The van der Waals surface area contributed by atoms with Crippen LogP contribution in [0.5, 0.6) is 11.5 Å². The lowest BCUT2D eigenvalue weighted by Gasteiger charge is -2.41. The second-order valence-corrected chi connectivity index (χ2v) is 11.0. The molecule has 1 atom stereocenters. The quantitative estimate of drug-likeness (QED) is 0.400. The number of hydrogen-bond acceptors (Lipinski definition) is 6. The van der Waals surface area contributed by atoms with Crippen molar-refractivity contribution in [3.05, 3.63) is 78.1 Å². The summed E-state index contributed by atoms with van der Waals surface area (Å²) in [7, 11) is -0.586. The number of hydrogen-bond donors (Lipinski definition) is 0. The van der Waals surface area contributed by atoms with Gasteiger partial charge in [0.25, 0.3) is 10.0 Å². The van der Waals surface area contributed by atoms with Crippen LogP contribution >= 0.6 is 0 Å². The summed E-state index contributed by atoms with van der Waals surface area (Å²) in [5.41, 5.74) is 2.76. The van der Waals surface area contributed by atoms with Crippen molar-refractivity contribution in [3.8, 4) is 11.5 Å². The number of sulfonamides is 1. The summed E-state index contributed by atoms with van der Waals surface area (Å²) in [4.78, 5) is 4.70. The molecule has 0 N–H and O–H groups in total. The van der Waals surface area contributed by atoms with Crippen LogP contribution in [0.15, 0.2) is 71.6 Å². The Kier molecular flexibility index (Phi) is 8.24. The van der Waals surface area contributed by atoms with Crippen molar-refractivity contribution in [1.82, 2.24) is 4.90 Å². The second kappa shape index (κ2) is 11.4. The highest BCUT2D eigenvalue weighted by atomic mass is 32.2. The van der Waals surface area contributed by atoms with Gasteiger partial charge in [-0.15, -0.1) is 0 Å². The fraction of sp³-hybridized carbons (Fsp3) is 0.357. The van der Waals surface area contributed by atoms with Gasteiger partial charge >= 0.3 is 0 Å². The Bertz CT molecular complexity index is 1320. The largest absolute Gasteiger partial charge is 0.493 e. The number of ether oxygens (including phenoxy) is 2. The first-order valence-electron chi connectivity index (χ1n) is 12.3. The third kappa shape index (κ3) is 5.83. The molecule has 1 saturated heterocycles. The SMILES string of the molecule is CCN(c1ccc(N2CCN(Cc3ccc(OC)c(OC)c3)[C@H](C)C2)cc1)S(=O)(=O)c1cccc(F)c1. The van der Waals surface area contributed by atoms with Crippen molar-refractivity contribution < 1.29 is 22.3 Å². The second-order valence-electron chi connectivity index (χ2n) is 9.10. The number of piperazine rings is 1. The van der Waals surface area contributed by atoms with E-state index >= 15 is 0 Å². The average molecular weight is 528 g/mol. The molecule has 0 radical (unpaired) electrons. The van der Waals surface area contributed by atoms with Gasteiger partial charge in [-0.3, -0.25) is 9.21 Å². The van der Waals surface area contributed by atoms with Crippen molar-refractivity contribution >= 4 is 21.4 Å². The Hall–Kier alpha value is -3.30. The monoisotopic (exact) mass is 527 g/mol. The molecule has 0 bridgehead atoms. The Morgan fingerprint density at radius 2 is 1.70 bits per heavy atom. The van der Waals surface area contributed by atoms with Gasteiger partial charge in [0.1, 0.15) is 5.82 Å².